The van der Waals surface area contributed by atoms with Crippen molar-refractivity contribution in [2.24, 2.45) is 0 Å². The fourth-order valence-corrected chi connectivity index (χ4v) is 4.54. The summed E-state index contributed by atoms with van der Waals surface area (Å²) in [4.78, 5) is 13.8. The van der Waals surface area contributed by atoms with Crippen molar-refractivity contribution in [1.29, 1.82) is 0 Å². The highest BCUT2D eigenvalue weighted by atomic mass is 35.5. The lowest BCUT2D eigenvalue weighted by Gasteiger charge is -2.36. The van der Waals surface area contributed by atoms with Gasteiger partial charge in [-0.05, 0) is 72.3 Å². The molecular formula is C28H30Cl3N3O. The number of piperazine rings is 1. The van der Waals surface area contributed by atoms with Crippen molar-refractivity contribution >= 4 is 47.2 Å². The van der Waals surface area contributed by atoms with E-state index in [4.69, 9.17) is 34.2 Å². The normalized spacial score (nSPS) is 23.9. The Balaban J connectivity index is 0.00000423. The van der Waals surface area contributed by atoms with Crippen LogP contribution in [0.5, 0.6) is 0 Å². The Kier molecular flexibility index (Phi) is 5.75. The Bertz CT molecular complexity index is 1510. The lowest BCUT2D eigenvalue weighted by atomic mass is 10.0. The minimum atomic E-state index is -3.04. The number of benzene rings is 3. The first kappa shape index (κ1) is 17.3. The first-order chi connectivity index (χ1) is 19.6. The van der Waals surface area contributed by atoms with Crippen LogP contribution in [0, 0.1) is 0 Å². The largest absolute Gasteiger partial charge is 0.368 e. The summed E-state index contributed by atoms with van der Waals surface area (Å²) in [6.45, 7) is -12.1. The molecular weight excluding hydrogens is 501 g/mol. The van der Waals surface area contributed by atoms with Gasteiger partial charge in [-0.25, -0.2) is 0 Å². The summed E-state index contributed by atoms with van der Waals surface area (Å²) in [6, 6.07) is 17.8. The van der Waals surface area contributed by atoms with Crippen LogP contribution in [0.25, 0.3) is 11.1 Å². The Morgan fingerprint density at radius 1 is 0.914 bits per heavy atom. The summed E-state index contributed by atoms with van der Waals surface area (Å²) >= 11 is 12.3. The molecule has 0 atom stereocenters. The summed E-state index contributed by atoms with van der Waals surface area (Å²) in [7, 11) is 0. The maximum absolute atomic E-state index is 12.8. The van der Waals surface area contributed by atoms with Gasteiger partial charge in [0.1, 0.15) is 0 Å². The summed E-state index contributed by atoms with van der Waals surface area (Å²) in [6.07, 6.45) is 1.26. The van der Waals surface area contributed by atoms with Crippen LogP contribution in [-0.4, -0.2) is 49.9 Å². The van der Waals surface area contributed by atoms with Crippen molar-refractivity contribution in [1.82, 2.24) is 10.2 Å². The average molecular weight is 539 g/mol. The molecule has 0 spiro atoms. The molecule has 1 fully saturated rings. The molecule has 0 saturated carbocycles. The number of nitrogens with one attached hydrogen (secondary N) is 1. The van der Waals surface area contributed by atoms with Gasteiger partial charge in [0, 0.05) is 43.6 Å². The van der Waals surface area contributed by atoms with E-state index in [1.165, 1.54) is 29.3 Å². The van der Waals surface area contributed by atoms with Crippen LogP contribution < -0.4 is 10.2 Å². The lowest BCUT2D eigenvalue weighted by Crippen LogP contribution is -2.46. The number of halogens is 3. The van der Waals surface area contributed by atoms with E-state index in [-0.39, 0.29) is 53.6 Å². The maximum atomic E-state index is 12.8. The standard InChI is InChI=1S/C28H29Cl2N3O.ClH/c29-25-8-5-9-26(27(25)30)33-16-14-32(15-17-33)13-4-3-12-31-28(34)21-10-11-24-22(19-21)18-20-6-1-2-7-23(20)24;/h1-2,5-11,19H,3-4,12-18H2,(H,31,34);1H/i14D2,15D2,16D2,17D2;. The number of unbranched alkanes of at least 4 members (excludes halogenated alkanes) is 1. The number of fused-ring (bicyclic) bond motifs is 3. The van der Waals surface area contributed by atoms with E-state index in [2.05, 4.69) is 17.4 Å². The third-order valence-corrected chi connectivity index (χ3v) is 6.72. The molecule has 2 aliphatic rings. The van der Waals surface area contributed by atoms with Gasteiger partial charge in [0.15, 0.2) is 0 Å². The number of rotatable bonds is 7. The van der Waals surface area contributed by atoms with E-state index in [0.717, 1.165) is 17.5 Å². The fourth-order valence-electron chi connectivity index (χ4n) is 4.16. The molecule has 4 nitrogen and oxygen atoms in total. The quantitative estimate of drug-likeness (QED) is 0.280. The number of amides is 1. The molecule has 1 N–H and O–H groups in total. The molecule has 7 heteroatoms. The molecule has 184 valence electrons. The van der Waals surface area contributed by atoms with Crippen molar-refractivity contribution in [2.75, 3.05) is 44.0 Å². The van der Waals surface area contributed by atoms with E-state index in [1.807, 2.05) is 24.3 Å². The SMILES string of the molecule is Cl.[2H]C1([2H])N(CCCCNC(=O)c2ccc3c(c2)Cc2ccccc2-3)C([2H])([2H])C([2H])([2H])N(c2cccc(Cl)c2Cl)C1([2H])[2H]. The predicted octanol–water partition coefficient (Wildman–Crippen LogP) is 6.32. The minimum absolute atomic E-state index is 0. The van der Waals surface area contributed by atoms with E-state index in [0.29, 0.717) is 21.8 Å². The Hall–Kier alpha value is -2.24. The van der Waals surface area contributed by atoms with Gasteiger partial charge in [0.05, 0.1) is 21.2 Å². The molecule has 35 heavy (non-hydrogen) atoms. The van der Waals surface area contributed by atoms with Crippen molar-refractivity contribution in [3.05, 3.63) is 87.4 Å². The Labute approximate surface area is 234 Å². The molecule has 1 heterocycles. The third-order valence-electron chi connectivity index (χ3n) is 5.92. The average Bonchev–Trinajstić information content (AvgIpc) is 3.29. The number of carbonyl (C=O) groups is 1. The topological polar surface area (TPSA) is 35.6 Å². The Morgan fingerprint density at radius 3 is 2.51 bits per heavy atom. The number of hydrogen-bond donors (Lipinski definition) is 1. The van der Waals surface area contributed by atoms with Gasteiger partial charge in [-0.1, -0.05) is 59.6 Å². The summed E-state index contributed by atoms with van der Waals surface area (Å²) in [5.41, 5.74) is 4.84. The van der Waals surface area contributed by atoms with E-state index >= 15 is 0 Å². The van der Waals surface area contributed by atoms with Gasteiger partial charge < -0.3 is 10.2 Å². The van der Waals surface area contributed by atoms with Gasteiger partial charge >= 0.3 is 0 Å². The molecule has 1 amide bonds. The Morgan fingerprint density at radius 2 is 1.69 bits per heavy atom. The smallest absolute Gasteiger partial charge is 0.251 e. The van der Waals surface area contributed by atoms with Crippen molar-refractivity contribution in [3.63, 3.8) is 0 Å². The third kappa shape index (κ3) is 5.78. The molecule has 3 aromatic carbocycles. The van der Waals surface area contributed by atoms with Crippen LogP contribution in [-0.2, 0) is 6.42 Å². The highest BCUT2D eigenvalue weighted by molar-refractivity contribution is 6.43. The highest BCUT2D eigenvalue weighted by Gasteiger charge is 2.20. The van der Waals surface area contributed by atoms with Crippen LogP contribution in [0.4, 0.5) is 5.69 Å². The number of hydrogen-bond acceptors (Lipinski definition) is 3. The second-order valence-corrected chi connectivity index (χ2v) is 8.96. The molecule has 1 aliphatic heterocycles. The van der Waals surface area contributed by atoms with Crippen molar-refractivity contribution < 1.29 is 15.8 Å². The zero-order chi connectivity index (χ0) is 30.7. The number of nitrogens with zero attached hydrogens (tertiary/aromatic N) is 2. The summed E-state index contributed by atoms with van der Waals surface area (Å²) in [5, 5.41) is 2.62. The van der Waals surface area contributed by atoms with Crippen LogP contribution in [0.15, 0.2) is 60.7 Å². The number of carbonyl (C=O) groups excluding carboxylic acids is 1. The second-order valence-electron chi connectivity index (χ2n) is 8.18. The van der Waals surface area contributed by atoms with Gasteiger partial charge in [-0.2, -0.15) is 0 Å². The number of anilines is 1. The lowest BCUT2D eigenvalue weighted by molar-refractivity contribution is 0.0952. The van der Waals surface area contributed by atoms with Crippen molar-refractivity contribution in [2.45, 2.75) is 19.3 Å². The van der Waals surface area contributed by atoms with Crippen LogP contribution in [0.2, 0.25) is 10.0 Å². The zero-order valence-corrected chi connectivity index (χ0v) is 21.1. The van der Waals surface area contributed by atoms with Gasteiger partial charge in [0.25, 0.3) is 5.91 Å². The molecule has 1 saturated heterocycles. The molecule has 3 aromatic rings. The first-order valence-corrected chi connectivity index (χ1v) is 11.9. The monoisotopic (exact) mass is 537 g/mol. The molecule has 0 radical (unpaired) electrons. The summed E-state index contributed by atoms with van der Waals surface area (Å²) in [5.74, 6) is -0.265. The first-order valence-electron chi connectivity index (χ1n) is 15.1. The van der Waals surface area contributed by atoms with Gasteiger partial charge in [0.2, 0.25) is 0 Å². The fraction of sp³-hybridized carbons (Fsp3) is 0.321. The summed E-state index contributed by atoms with van der Waals surface area (Å²) < 4.78 is 69.0. The van der Waals surface area contributed by atoms with Crippen LogP contribution in [0.3, 0.4) is 0 Å². The van der Waals surface area contributed by atoms with Crippen LogP contribution >= 0.6 is 35.6 Å². The molecule has 0 aromatic heterocycles. The second kappa shape index (κ2) is 11.7. The van der Waals surface area contributed by atoms with E-state index in [1.54, 1.807) is 6.07 Å². The molecule has 0 unspecified atom stereocenters. The van der Waals surface area contributed by atoms with E-state index < -0.39 is 26.0 Å². The molecule has 0 bridgehead atoms. The predicted molar refractivity (Wildman–Crippen MR) is 149 cm³/mol. The van der Waals surface area contributed by atoms with E-state index in [9.17, 15) is 4.79 Å². The molecule has 5 rings (SSSR count). The van der Waals surface area contributed by atoms with Crippen molar-refractivity contribution in [3.8, 4) is 11.1 Å². The highest BCUT2D eigenvalue weighted by Crippen LogP contribution is 2.36. The van der Waals surface area contributed by atoms with Crippen LogP contribution in [0.1, 0.15) is 45.3 Å². The molecule has 1 aliphatic carbocycles. The van der Waals surface area contributed by atoms with Gasteiger partial charge in [-0.3, -0.25) is 9.69 Å². The minimum Gasteiger partial charge on any atom is -0.368 e. The maximum Gasteiger partial charge on any atom is 0.251 e. The zero-order valence-electron chi connectivity index (χ0n) is 26.8. The van der Waals surface area contributed by atoms with Gasteiger partial charge in [-0.15, -0.1) is 12.4 Å².